The number of halogens is 1. The van der Waals surface area contributed by atoms with Crippen LogP contribution in [0.1, 0.15) is 38.3 Å². The van der Waals surface area contributed by atoms with Crippen LogP contribution in [0.4, 0.5) is 4.39 Å². The molecule has 3 nitrogen and oxygen atoms in total. The van der Waals surface area contributed by atoms with Gasteiger partial charge in [0.25, 0.3) is 0 Å². The van der Waals surface area contributed by atoms with Crippen LogP contribution in [-0.4, -0.2) is 36.7 Å². The van der Waals surface area contributed by atoms with E-state index >= 15 is 0 Å². The highest BCUT2D eigenvalue weighted by Gasteiger charge is 2.24. The molecule has 1 aliphatic rings. The van der Waals surface area contributed by atoms with Gasteiger partial charge in [0.1, 0.15) is 5.82 Å². The lowest BCUT2D eigenvalue weighted by Crippen LogP contribution is -2.46. The van der Waals surface area contributed by atoms with Crippen molar-refractivity contribution >= 4 is 0 Å². The second-order valence-electron chi connectivity index (χ2n) is 6.02. The molecule has 1 fully saturated rings. The maximum atomic E-state index is 14.1. The Morgan fingerprint density at radius 3 is 2.95 bits per heavy atom. The number of rotatable bonds is 6. The molecule has 0 aliphatic carbocycles. The number of hydrogen-bond donors (Lipinski definition) is 1. The van der Waals surface area contributed by atoms with Crippen molar-refractivity contribution < 1.29 is 9.13 Å². The van der Waals surface area contributed by atoms with E-state index in [2.05, 4.69) is 31.0 Å². The van der Waals surface area contributed by atoms with E-state index in [0.717, 1.165) is 43.8 Å². The van der Waals surface area contributed by atoms with Gasteiger partial charge < -0.3 is 10.1 Å². The van der Waals surface area contributed by atoms with Crippen molar-refractivity contribution in [3.05, 3.63) is 35.1 Å². The number of benzene rings is 1. The molecule has 1 heterocycles. The number of nitrogens with zero attached hydrogens (tertiary/aromatic N) is 1. The molecule has 4 heteroatoms. The largest absolute Gasteiger partial charge is 0.376 e. The lowest BCUT2D eigenvalue weighted by molar-refractivity contribution is -0.0529. The fraction of sp³-hybridized carbons (Fsp3) is 0.647. The van der Waals surface area contributed by atoms with E-state index < -0.39 is 0 Å². The van der Waals surface area contributed by atoms with Gasteiger partial charge in [0.2, 0.25) is 0 Å². The van der Waals surface area contributed by atoms with E-state index in [1.165, 1.54) is 0 Å². The van der Waals surface area contributed by atoms with Crippen molar-refractivity contribution in [2.75, 3.05) is 19.7 Å². The molecule has 1 aromatic carbocycles. The minimum atomic E-state index is -0.111. The topological polar surface area (TPSA) is 24.5 Å². The molecule has 0 radical (unpaired) electrons. The standard InChI is InChI=1S/C17H27FN2O/c1-4-7-19-9-15-5-6-17(18)16(8-15)11-20-10-14(3)21-12-13(20)2/h5-6,8,13-14,19H,4,7,9-12H2,1-3H3. The van der Waals surface area contributed by atoms with Gasteiger partial charge in [-0.25, -0.2) is 4.39 Å². The minimum Gasteiger partial charge on any atom is -0.376 e. The summed E-state index contributed by atoms with van der Waals surface area (Å²) in [4.78, 5) is 2.30. The monoisotopic (exact) mass is 294 g/mol. The molecular weight excluding hydrogens is 267 g/mol. The van der Waals surface area contributed by atoms with Gasteiger partial charge in [-0.1, -0.05) is 19.1 Å². The van der Waals surface area contributed by atoms with Crippen LogP contribution in [0.3, 0.4) is 0 Å². The molecule has 0 spiro atoms. The quantitative estimate of drug-likeness (QED) is 0.816. The van der Waals surface area contributed by atoms with Crippen molar-refractivity contribution in [2.45, 2.75) is 52.4 Å². The van der Waals surface area contributed by atoms with E-state index in [1.54, 1.807) is 6.07 Å². The second kappa shape index (κ2) is 7.87. The van der Waals surface area contributed by atoms with Gasteiger partial charge >= 0.3 is 0 Å². The molecule has 0 aromatic heterocycles. The third-order valence-electron chi connectivity index (χ3n) is 3.98. The van der Waals surface area contributed by atoms with Crippen LogP contribution in [0, 0.1) is 5.82 Å². The minimum absolute atomic E-state index is 0.111. The molecule has 2 unspecified atom stereocenters. The van der Waals surface area contributed by atoms with Gasteiger partial charge in [-0.2, -0.15) is 0 Å². The Labute approximate surface area is 127 Å². The molecule has 0 saturated carbocycles. The first-order chi connectivity index (χ1) is 10.1. The molecule has 1 aromatic rings. The smallest absolute Gasteiger partial charge is 0.127 e. The number of ether oxygens (including phenoxy) is 1. The van der Waals surface area contributed by atoms with Crippen LogP contribution in [0.5, 0.6) is 0 Å². The van der Waals surface area contributed by atoms with Crippen LogP contribution >= 0.6 is 0 Å². The molecule has 1 saturated heterocycles. The van der Waals surface area contributed by atoms with Crippen LogP contribution < -0.4 is 5.32 Å². The van der Waals surface area contributed by atoms with Crippen molar-refractivity contribution in [1.82, 2.24) is 10.2 Å². The Morgan fingerprint density at radius 2 is 2.19 bits per heavy atom. The molecule has 1 N–H and O–H groups in total. The van der Waals surface area contributed by atoms with Crippen molar-refractivity contribution in [3.8, 4) is 0 Å². The predicted molar refractivity (Wildman–Crippen MR) is 83.7 cm³/mol. The summed E-state index contributed by atoms with van der Waals surface area (Å²) >= 11 is 0. The Kier molecular flexibility index (Phi) is 6.15. The molecule has 21 heavy (non-hydrogen) atoms. The first-order valence-electron chi connectivity index (χ1n) is 7.93. The first kappa shape index (κ1) is 16.4. The number of nitrogens with one attached hydrogen (secondary N) is 1. The predicted octanol–water partition coefficient (Wildman–Crippen LogP) is 2.93. The number of morpholine rings is 1. The summed E-state index contributed by atoms with van der Waals surface area (Å²) in [6.45, 7) is 10.4. The van der Waals surface area contributed by atoms with E-state index in [-0.39, 0.29) is 11.9 Å². The normalized spacial score (nSPS) is 23.4. The fourth-order valence-electron chi connectivity index (χ4n) is 2.68. The Bertz CT molecular complexity index is 452. The zero-order valence-electron chi connectivity index (χ0n) is 13.4. The van der Waals surface area contributed by atoms with Crippen molar-refractivity contribution in [3.63, 3.8) is 0 Å². The average molecular weight is 294 g/mol. The second-order valence-corrected chi connectivity index (χ2v) is 6.02. The third-order valence-corrected chi connectivity index (χ3v) is 3.98. The van der Waals surface area contributed by atoms with Crippen LogP contribution in [0.2, 0.25) is 0 Å². The van der Waals surface area contributed by atoms with Gasteiger partial charge in [0.15, 0.2) is 0 Å². The lowest BCUT2D eigenvalue weighted by atomic mass is 10.1. The highest BCUT2D eigenvalue weighted by atomic mass is 19.1. The van der Waals surface area contributed by atoms with Gasteiger partial charge in [0.05, 0.1) is 12.7 Å². The number of hydrogen-bond acceptors (Lipinski definition) is 3. The fourth-order valence-corrected chi connectivity index (χ4v) is 2.68. The first-order valence-corrected chi connectivity index (χ1v) is 7.93. The van der Waals surface area contributed by atoms with E-state index in [0.29, 0.717) is 12.6 Å². The van der Waals surface area contributed by atoms with Gasteiger partial charge in [0, 0.05) is 31.2 Å². The molecule has 1 aliphatic heterocycles. The highest BCUT2D eigenvalue weighted by molar-refractivity contribution is 5.25. The molecule has 2 rings (SSSR count). The van der Waals surface area contributed by atoms with Gasteiger partial charge in [-0.05, 0) is 38.4 Å². The van der Waals surface area contributed by atoms with E-state index in [9.17, 15) is 4.39 Å². The van der Waals surface area contributed by atoms with Crippen molar-refractivity contribution in [1.29, 1.82) is 0 Å². The van der Waals surface area contributed by atoms with E-state index in [4.69, 9.17) is 4.74 Å². The maximum Gasteiger partial charge on any atom is 0.127 e. The Balaban J connectivity index is 2.02. The molecular formula is C17H27FN2O. The zero-order valence-corrected chi connectivity index (χ0v) is 13.4. The molecule has 118 valence electrons. The molecule has 2 atom stereocenters. The lowest BCUT2D eigenvalue weighted by Gasteiger charge is -2.36. The summed E-state index contributed by atoms with van der Waals surface area (Å²) in [5, 5.41) is 3.36. The van der Waals surface area contributed by atoms with Gasteiger partial charge in [-0.15, -0.1) is 0 Å². The van der Waals surface area contributed by atoms with Crippen LogP contribution in [-0.2, 0) is 17.8 Å². The zero-order chi connectivity index (χ0) is 15.2. The SMILES string of the molecule is CCCNCc1ccc(F)c(CN2CC(C)OCC2C)c1. The maximum absolute atomic E-state index is 14.1. The van der Waals surface area contributed by atoms with Crippen LogP contribution in [0.25, 0.3) is 0 Å². The summed E-state index contributed by atoms with van der Waals surface area (Å²) in [7, 11) is 0. The molecule has 0 amide bonds. The summed E-state index contributed by atoms with van der Waals surface area (Å²) in [6.07, 6.45) is 1.33. The van der Waals surface area contributed by atoms with Crippen molar-refractivity contribution in [2.24, 2.45) is 0 Å². The summed E-state index contributed by atoms with van der Waals surface area (Å²) < 4.78 is 19.7. The Morgan fingerprint density at radius 1 is 1.38 bits per heavy atom. The Hall–Kier alpha value is -0.970. The highest BCUT2D eigenvalue weighted by Crippen LogP contribution is 2.18. The van der Waals surface area contributed by atoms with Crippen LogP contribution in [0.15, 0.2) is 18.2 Å². The average Bonchev–Trinajstić information content (AvgIpc) is 2.46. The molecule has 0 bridgehead atoms. The van der Waals surface area contributed by atoms with Gasteiger partial charge in [-0.3, -0.25) is 4.90 Å². The third kappa shape index (κ3) is 4.77. The summed E-state index contributed by atoms with van der Waals surface area (Å²) in [5.41, 5.74) is 1.93. The summed E-state index contributed by atoms with van der Waals surface area (Å²) in [6, 6.07) is 5.78. The van der Waals surface area contributed by atoms with E-state index in [1.807, 2.05) is 12.1 Å². The summed E-state index contributed by atoms with van der Waals surface area (Å²) in [5.74, 6) is -0.111.